The molecule has 0 amide bonds. The predicted molar refractivity (Wildman–Crippen MR) is 123 cm³/mol. The van der Waals surface area contributed by atoms with E-state index in [4.69, 9.17) is 4.98 Å². The molecular weight excluding hydrogens is 364 g/mol. The second-order valence-corrected chi connectivity index (χ2v) is 7.63. The van der Waals surface area contributed by atoms with E-state index in [1.54, 1.807) is 0 Å². The SMILES string of the molecule is Cc1ccc(-c2cc[n+](Cc3ccccc3)cc2)nc1-c1cccc2ccccc12. The molecule has 0 unspecified atom stereocenters. The van der Waals surface area contributed by atoms with Crippen LogP contribution in [-0.4, -0.2) is 4.98 Å². The number of hydrogen-bond acceptors (Lipinski definition) is 1. The highest BCUT2D eigenvalue weighted by atomic mass is 14.9. The monoisotopic (exact) mass is 387 g/mol. The highest BCUT2D eigenvalue weighted by Gasteiger charge is 2.11. The lowest BCUT2D eigenvalue weighted by molar-refractivity contribution is -0.688. The van der Waals surface area contributed by atoms with Gasteiger partial charge in [0.1, 0.15) is 0 Å². The third-order valence-corrected chi connectivity index (χ3v) is 5.54. The zero-order chi connectivity index (χ0) is 20.3. The summed E-state index contributed by atoms with van der Waals surface area (Å²) in [6.07, 6.45) is 4.25. The summed E-state index contributed by atoms with van der Waals surface area (Å²) >= 11 is 0. The molecule has 5 rings (SSSR count). The maximum atomic E-state index is 5.07. The van der Waals surface area contributed by atoms with Crippen LogP contribution in [0, 0.1) is 6.92 Å². The van der Waals surface area contributed by atoms with E-state index in [0.29, 0.717) is 0 Å². The number of fused-ring (bicyclic) bond motifs is 1. The Balaban J connectivity index is 1.50. The van der Waals surface area contributed by atoms with Gasteiger partial charge in [0.05, 0.1) is 11.4 Å². The van der Waals surface area contributed by atoms with Crippen LogP contribution in [-0.2, 0) is 6.54 Å². The number of pyridine rings is 2. The van der Waals surface area contributed by atoms with Gasteiger partial charge in [-0.05, 0) is 29.3 Å². The van der Waals surface area contributed by atoms with Crippen LogP contribution in [0.3, 0.4) is 0 Å². The van der Waals surface area contributed by atoms with E-state index in [2.05, 4.69) is 115 Å². The third-order valence-electron chi connectivity index (χ3n) is 5.54. The molecule has 144 valence electrons. The van der Waals surface area contributed by atoms with Crippen LogP contribution < -0.4 is 4.57 Å². The number of benzene rings is 3. The molecule has 0 saturated heterocycles. The average Bonchev–Trinajstić information content (AvgIpc) is 2.80. The minimum atomic E-state index is 0.865. The molecule has 3 aromatic carbocycles. The molecule has 2 aromatic heterocycles. The first kappa shape index (κ1) is 18.3. The molecule has 2 heteroatoms. The van der Waals surface area contributed by atoms with E-state index >= 15 is 0 Å². The predicted octanol–water partition coefficient (Wildman–Crippen LogP) is 6.21. The molecule has 2 heterocycles. The normalized spacial score (nSPS) is 11.0. The minimum absolute atomic E-state index is 0.865. The van der Waals surface area contributed by atoms with Gasteiger partial charge in [-0.15, -0.1) is 0 Å². The van der Waals surface area contributed by atoms with Gasteiger partial charge in [0.15, 0.2) is 18.9 Å². The molecular formula is C28H23N2+. The molecule has 0 fully saturated rings. The highest BCUT2D eigenvalue weighted by molar-refractivity contribution is 5.96. The van der Waals surface area contributed by atoms with Gasteiger partial charge < -0.3 is 0 Å². The van der Waals surface area contributed by atoms with Gasteiger partial charge in [0, 0.05) is 28.8 Å². The number of hydrogen-bond donors (Lipinski definition) is 0. The van der Waals surface area contributed by atoms with Crippen molar-refractivity contribution in [3.05, 3.63) is 121 Å². The van der Waals surface area contributed by atoms with E-state index < -0.39 is 0 Å². The van der Waals surface area contributed by atoms with E-state index in [1.807, 2.05) is 6.07 Å². The second-order valence-electron chi connectivity index (χ2n) is 7.63. The van der Waals surface area contributed by atoms with E-state index in [0.717, 1.165) is 23.5 Å². The summed E-state index contributed by atoms with van der Waals surface area (Å²) in [6.45, 7) is 3.00. The van der Waals surface area contributed by atoms with Crippen molar-refractivity contribution in [2.45, 2.75) is 13.5 Å². The van der Waals surface area contributed by atoms with Gasteiger partial charge in [-0.1, -0.05) is 78.9 Å². The van der Waals surface area contributed by atoms with Crippen molar-refractivity contribution in [1.29, 1.82) is 0 Å². The van der Waals surface area contributed by atoms with Gasteiger partial charge in [-0.2, -0.15) is 0 Å². The van der Waals surface area contributed by atoms with Crippen molar-refractivity contribution in [3.63, 3.8) is 0 Å². The fourth-order valence-electron chi connectivity index (χ4n) is 3.92. The smallest absolute Gasteiger partial charge is 0.173 e. The molecule has 0 spiro atoms. The van der Waals surface area contributed by atoms with Crippen LogP contribution in [0.15, 0.2) is 109 Å². The zero-order valence-corrected chi connectivity index (χ0v) is 17.0. The number of rotatable bonds is 4. The second kappa shape index (κ2) is 7.92. The summed E-state index contributed by atoms with van der Waals surface area (Å²) in [5.41, 5.74) is 6.83. The first-order valence-corrected chi connectivity index (χ1v) is 10.3. The Morgan fingerprint density at radius 2 is 1.43 bits per heavy atom. The summed E-state index contributed by atoms with van der Waals surface area (Å²) < 4.78 is 2.19. The Hall–Kier alpha value is -3.78. The first-order chi connectivity index (χ1) is 14.8. The van der Waals surface area contributed by atoms with E-state index in [9.17, 15) is 0 Å². The lowest BCUT2D eigenvalue weighted by atomic mass is 9.98. The molecule has 0 aliphatic rings. The van der Waals surface area contributed by atoms with Crippen LogP contribution in [0.2, 0.25) is 0 Å². The molecule has 0 aliphatic carbocycles. The summed E-state index contributed by atoms with van der Waals surface area (Å²) in [5.74, 6) is 0. The fraction of sp³-hybridized carbons (Fsp3) is 0.0714. The average molecular weight is 388 g/mol. The Bertz CT molecular complexity index is 1300. The summed E-state index contributed by atoms with van der Waals surface area (Å²) in [7, 11) is 0. The minimum Gasteiger partial charge on any atom is -0.247 e. The summed E-state index contributed by atoms with van der Waals surface area (Å²) in [6, 6.07) is 34.0. The first-order valence-electron chi connectivity index (χ1n) is 10.3. The molecule has 0 radical (unpaired) electrons. The van der Waals surface area contributed by atoms with Crippen LogP contribution >= 0.6 is 0 Å². The lowest BCUT2D eigenvalue weighted by Crippen LogP contribution is -2.32. The molecule has 30 heavy (non-hydrogen) atoms. The molecule has 0 saturated carbocycles. The largest absolute Gasteiger partial charge is 0.247 e. The van der Waals surface area contributed by atoms with Crippen molar-refractivity contribution in [2.24, 2.45) is 0 Å². The standard InChI is InChI=1S/C28H23N2/c1-21-14-15-27(24-16-18-30(19-17-24)20-22-8-3-2-4-9-22)29-28(21)26-13-7-11-23-10-5-6-12-25(23)26/h2-19H,20H2,1H3/q+1. The number of aromatic nitrogens is 2. The quantitative estimate of drug-likeness (QED) is 0.335. The van der Waals surface area contributed by atoms with E-state index in [-0.39, 0.29) is 0 Å². The van der Waals surface area contributed by atoms with Gasteiger partial charge in [-0.25, -0.2) is 9.55 Å². The van der Waals surface area contributed by atoms with Crippen LogP contribution in [0.5, 0.6) is 0 Å². The maximum Gasteiger partial charge on any atom is 0.173 e. The number of nitrogens with zero attached hydrogens (tertiary/aromatic N) is 2. The Morgan fingerprint density at radius 1 is 0.700 bits per heavy atom. The van der Waals surface area contributed by atoms with Crippen molar-refractivity contribution < 1.29 is 4.57 Å². The van der Waals surface area contributed by atoms with Crippen molar-refractivity contribution in [3.8, 4) is 22.5 Å². The van der Waals surface area contributed by atoms with E-state index in [1.165, 1.54) is 27.5 Å². The number of aryl methyl sites for hydroxylation is 1. The van der Waals surface area contributed by atoms with Gasteiger partial charge in [0.2, 0.25) is 0 Å². The van der Waals surface area contributed by atoms with Crippen molar-refractivity contribution in [1.82, 2.24) is 4.98 Å². The maximum absolute atomic E-state index is 5.07. The van der Waals surface area contributed by atoms with Gasteiger partial charge >= 0.3 is 0 Å². The van der Waals surface area contributed by atoms with Crippen LogP contribution in [0.1, 0.15) is 11.1 Å². The Labute approximate surface area is 177 Å². The summed E-state index contributed by atoms with van der Waals surface area (Å²) in [4.78, 5) is 5.07. The van der Waals surface area contributed by atoms with Crippen LogP contribution in [0.25, 0.3) is 33.3 Å². The topological polar surface area (TPSA) is 16.8 Å². The fourth-order valence-corrected chi connectivity index (χ4v) is 3.92. The van der Waals surface area contributed by atoms with Crippen molar-refractivity contribution >= 4 is 10.8 Å². The summed E-state index contributed by atoms with van der Waals surface area (Å²) in [5, 5.41) is 2.48. The Kier molecular flexibility index (Phi) is 4.82. The molecule has 5 aromatic rings. The molecule has 0 bridgehead atoms. The molecule has 0 N–H and O–H groups in total. The van der Waals surface area contributed by atoms with Crippen LogP contribution in [0.4, 0.5) is 0 Å². The Morgan fingerprint density at radius 3 is 2.27 bits per heavy atom. The highest BCUT2D eigenvalue weighted by Crippen LogP contribution is 2.31. The van der Waals surface area contributed by atoms with Gasteiger partial charge in [-0.3, -0.25) is 0 Å². The molecule has 2 nitrogen and oxygen atoms in total. The van der Waals surface area contributed by atoms with Crippen molar-refractivity contribution in [2.75, 3.05) is 0 Å². The van der Waals surface area contributed by atoms with Gasteiger partial charge in [0.25, 0.3) is 0 Å². The third kappa shape index (κ3) is 3.60. The zero-order valence-electron chi connectivity index (χ0n) is 17.0. The molecule has 0 atom stereocenters. The molecule has 0 aliphatic heterocycles. The lowest BCUT2D eigenvalue weighted by Gasteiger charge is -2.11.